The molecule has 0 atom stereocenters. The van der Waals surface area contributed by atoms with Crippen LogP contribution in [0.25, 0.3) is 0 Å². The van der Waals surface area contributed by atoms with E-state index >= 15 is 0 Å². The molecule has 0 unspecified atom stereocenters. The molecule has 20 nitrogen and oxygen atoms in total. The van der Waals surface area contributed by atoms with Gasteiger partial charge in [-0.3, -0.25) is 14.4 Å². The highest BCUT2D eigenvalue weighted by Crippen LogP contribution is 2.34. The molecule has 1 aliphatic carbocycles. The number of unbranched alkanes of at least 4 members (excludes halogenated alkanes) is 2. The van der Waals surface area contributed by atoms with Crippen molar-refractivity contribution in [2.45, 2.75) is 72.1 Å². The van der Waals surface area contributed by atoms with Gasteiger partial charge < -0.3 is 56.8 Å². The van der Waals surface area contributed by atoms with E-state index in [1.165, 1.54) is 67.6 Å². The minimum atomic E-state index is -0.857. The lowest BCUT2D eigenvalue weighted by molar-refractivity contribution is -0.145. The van der Waals surface area contributed by atoms with Gasteiger partial charge in [0.15, 0.2) is 0 Å². The number of carbonyl (C=O) groups excluding carboxylic acids is 8. The number of ether oxygens (including phenoxy) is 12. The predicted molar refractivity (Wildman–Crippen MR) is 273 cm³/mol. The number of hydrogen-bond donors (Lipinski definition) is 0. The summed E-state index contributed by atoms with van der Waals surface area (Å²) in [6, 6.07) is 20.2. The Balaban J connectivity index is 1.16. The number of hydrogen-bond acceptors (Lipinski definition) is 20. The summed E-state index contributed by atoms with van der Waals surface area (Å²) in [5.41, 5.74) is -0.0438. The molecule has 4 aromatic carbocycles. The maximum atomic E-state index is 13.5. The van der Waals surface area contributed by atoms with E-state index in [0.717, 1.165) is 6.08 Å². The van der Waals surface area contributed by atoms with Crippen LogP contribution in [0, 0.1) is 11.8 Å². The fourth-order valence-corrected chi connectivity index (χ4v) is 7.36. The summed E-state index contributed by atoms with van der Waals surface area (Å²) in [5.74, 6) is -5.89. The summed E-state index contributed by atoms with van der Waals surface area (Å²) in [5, 5.41) is 0. The molecule has 1 aliphatic rings. The summed E-state index contributed by atoms with van der Waals surface area (Å²) in [7, 11) is 0. The highest BCUT2D eigenvalue weighted by molar-refractivity contribution is 5.98. The van der Waals surface area contributed by atoms with Gasteiger partial charge in [0.1, 0.15) is 58.8 Å². The zero-order valence-corrected chi connectivity index (χ0v) is 43.4. The standard InChI is InChI=1S/C57H64O20/c1-5-51(59)71-31-11-10-30-70-44-22-18-42(19-23-44)55(63)77-50-27-25-46(37-48(50)57(65)73-35-33-67-7-3)75-53(61)40-14-12-39(13-15-40)52(60)74-45-24-26-49(47(36-45)56(64)72-34-32-66-6-2)76-54(62)41-16-20-43(21-17-41)69-29-9-8-28-68-38(4)58/h5,16-27,36-37,39-40H,1,6-15,28-35H2,2-4H3. The van der Waals surface area contributed by atoms with Crippen LogP contribution in [0.5, 0.6) is 34.5 Å². The summed E-state index contributed by atoms with van der Waals surface area (Å²) >= 11 is 0. The lowest BCUT2D eigenvalue weighted by atomic mass is 9.82. The maximum Gasteiger partial charge on any atom is 0.343 e. The van der Waals surface area contributed by atoms with E-state index in [1.54, 1.807) is 38.1 Å². The Morgan fingerprint density at radius 3 is 1.23 bits per heavy atom. The molecule has 5 rings (SSSR count). The van der Waals surface area contributed by atoms with Crippen LogP contribution in [0.1, 0.15) is 114 Å². The molecular formula is C57H64O20. The van der Waals surface area contributed by atoms with E-state index in [2.05, 4.69) is 6.58 Å². The lowest BCUT2D eigenvalue weighted by Crippen LogP contribution is -2.30. The topological polar surface area (TPSA) is 247 Å². The molecule has 0 N–H and O–H groups in total. The molecule has 0 spiro atoms. The van der Waals surface area contributed by atoms with Crippen molar-refractivity contribution >= 4 is 47.8 Å². The van der Waals surface area contributed by atoms with E-state index in [0.29, 0.717) is 70.2 Å². The third-order valence-corrected chi connectivity index (χ3v) is 11.4. The molecule has 1 fully saturated rings. The molecule has 0 bridgehead atoms. The molecule has 0 aliphatic heterocycles. The number of carbonyl (C=O) groups is 8. The van der Waals surface area contributed by atoms with Gasteiger partial charge in [-0.2, -0.15) is 0 Å². The molecule has 0 aromatic heterocycles. The van der Waals surface area contributed by atoms with Gasteiger partial charge in [-0.15, -0.1) is 0 Å². The monoisotopic (exact) mass is 1070 g/mol. The Morgan fingerprint density at radius 2 is 0.844 bits per heavy atom. The van der Waals surface area contributed by atoms with Crippen molar-refractivity contribution < 1.29 is 95.2 Å². The predicted octanol–water partition coefficient (Wildman–Crippen LogP) is 8.44. The average molecular weight is 1070 g/mol. The van der Waals surface area contributed by atoms with Gasteiger partial charge in [0, 0.05) is 26.2 Å². The maximum absolute atomic E-state index is 13.5. The summed E-state index contributed by atoms with van der Waals surface area (Å²) in [4.78, 5) is 102. The quantitative estimate of drug-likeness (QED) is 0.0151. The van der Waals surface area contributed by atoms with Crippen molar-refractivity contribution in [3.05, 3.63) is 120 Å². The van der Waals surface area contributed by atoms with Crippen LogP contribution in [-0.2, 0) is 47.6 Å². The number of benzene rings is 4. The second-order valence-electron chi connectivity index (χ2n) is 17.0. The molecular weight excluding hydrogens is 1000 g/mol. The first-order valence-electron chi connectivity index (χ1n) is 25.3. The van der Waals surface area contributed by atoms with Crippen LogP contribution in [0.15, 0.2) is 97.6 Å². The Bertz CT molecular complexity index is 2620. The highest BCUT2D eigenvalue weighted by Gasteiger charge is 2.33. The number of esters is 8. The van der Waals surface area contributed by atoms with Gasteiger partial charge in [-0.1, -0.05) is 6.58 Å². The van der Waals surface area contributed by atoms with Crippen LogP contribution in [0.3, 0.4) is 0 Å². The van der Waals surface area contributed by atoms with Gasteiger partial charge in [0.25, 0.3) is 0 Å². The van der Waals surface area contributed by atoms with E-state index in [9.17, 15) is 38.4 Å². The fraction of sp³-hybridized carbons (Fsp3) is 0.404. The Hall–Kier alpha value is -8.10. The summed E-state index contributed by atoms with van der Waals surface area (Å²) < 4.78 is 65.2. The van der Waals surface area contributed by atoms with Crippen LogP contribution in [-0.4, -0.2) is 114 Å². The molecule has 0 radical (unpaired) electrons. The van der Waals surface area contributed by atoms with Crippen molar-refractivity contribution in [1.29, 1.82) is 0 Å². The van der Waals surface area contributed by atoms with Crippen LogP contribution in [0.4, 0.5) is 0 Å². The average Bonchev–Trinajstić information content (AvgIpc) is 3.43. The van der Waals surface area contributed by atoms with Gasteiger partial charge in [0.2, 0.25) is 0 Å². The number of rotatable bonds is 31. The largest absolute Gasteiger partial charge is 0.494 e. The van der Waals surface area contributed by atoms with E-state index in [1.807, 2.05) is 0 Å². The van der Waals surface area contributed by atoms with Crippen molar-refractivity contribution in [2.75, 3.05) is 66.1 Å². The fourth-order valence-electron chi connectivity index (χ4n) is 7.36. The van der Waals surface area contributed by atoms with E-state index in [-0.39, 0.29) is 110 Å². The molecule has 20 heteroatoms. The smallest absolute Gasteiger partial charge is 0.343 e. The van der Waals surface area contributed by atoms with Crippen LogP contribution >= 0.6 is 0 Å². The Labute approximate surface area is 446 Å². The molecule has 0 amide bonds. The summed E-state index contributed by atoms with van der Waals surface area (Å²) in [6.07, 6.45) is 4.60. The molecule has 0 heterocycles. The van der Waals surface area contributed by atoms with Crippen molar-refractivity contribution in [3.8, 4) is 34.5 Å². The first kappa shape index (κ1) is 59.8. The minimum absolute atomic E-state index is 0.0124. The minimum Gasteiger partial charge on any atom is -0.494 e. The molecule has 77 heavy (non-hydrogen) atoms. The van der Waals surface area contributed by atoms with Crippen molar-refractivity contribution in [2.24, 2.45) is 11.8 Å². The Kier molecular flexibility index (Phi) is 25.1. The Morgan fingerprint density at radius 1 is 0.455 bits per heavy atom. The van der Waals surface area contributed by atoms with Gasteiger partial charge in [0.05, 0.1) is 62.6 Å². The molecule has 4 aromatic rings. The molecule has 1 saturated carbocycles. The van der Waals surface area contributed by atoms with Gasteiger partial charge >= 0.3 is 47.8 Å². The second kappa shape index (κ2) is 32.4. The second-order valence-corrected chi connectivity index (χ2v) is 17.0. The van der Waals surface area contributed by atoms with E-state index in [4.69, 9.17) is 56.8 Å². The van der Waals surface area contributed by atoms with Crippen molar-refractivity contribution in [1.82, 2.24) is 0 Å². The van der Waals surface area contributed by atoms with Gasteiger partial charge in [-0.05, 0) is 150 Å². The first-order chi connectivity index (χ1) is 37.3. The third kappa shape index (κ3) is 20.5. The molecule has 412 valence electrons. The SMILES string of the molecule is C=CC(=O)OCCCCOc1ccc(C(=O)Oc2ccc(OC(=O)C3CCC(C(=O)Oc4ccc(OC(=O)c5ccc(OCCCCOC(C)=O)cc5)c(C(=O)OCCOCC)c4)CC3)cc2C(=O)OCCOCC)cc1. The van der Waals surface area contributed by atoms with Crippen LogP contribution < -0.4 is 28.4 Å². The summed E-state index contributed by atoms with van der Waals surface area (Å²) in [6.45, 7) is 10.3. The van der Waals surface area contributed by atoms with E-state index < -0.39 is 53.6 Å². The van der Waals surface area contributed by atoms with Gasteiger partial charge in [-0.25, -0.2) is 24.0 Å². The third-order valence-electron chi connectivity index (χ3n) is 11.4. The highest BCUT2D eigenvalue weighted by atomic mass is 16.6. The zero-order valence-electron chi connectivity index (χ0n) is 43.4. The normalized spacial score (nSPS) is 13.7. The van der Waals surface area contributed by atoms with Crippen molar-refractivity contribution in [3.63, 3.8) is 0 Å². The zero-order chi connectivity index (χ0) is 55.4. The molecule has 0 saturated heterocycles. The van der Waals surface area contributed by atoms with Crippen LogP contribution in [0.2, 0.25) is 0 Å². The lowest BCUT2D eigenvalue weighted by Gasteiger charge is -2.26. The first-order valence-corrected chi connectivity index (χ1v) is 25.3.